The molecule has 6 heteroatoms. The number of allylic oxidation sites excluding steroid dienone is 1. The lowest BCUT2D eigenvalue weighted by atomic mass is 9.81. The molecule has 21 heavy (non-hydrogen) atoms. The van der Waals surface area contributed by atoms with Crippen LogP contribution < -0.4 is 0 Å². The largest absolute Gasteiger partial charge is 0.507 e. The molecule has 1 saturated carbocycles. The molecule has 0 unspecified atom stereocenters. The fourth-order valence-corrected chi connectivity index (χ4v) is 2.83. The second kappa shape index (κ2) is 6.59. The van der Waals surface area contributed by atoms with Gasteiger partial charge in [-0.05, 0) is 43.0 Å². The molecule has 1 fully saturated rings. The molecule has 0 spiro atoms. The Balaban J connectivity index is 2.17. The van der Waals surface area contributed by atoms with E-state index in [0.29, 0.717) is 41.8 Å². The highest BCUT2D eigenvalue weighted by molar-refractivity contribution is 6.30. The lowest BCUT2D eigenvalue weighted by Gasteiger charge is -2.23. The Bertz CT molecular complexity index is 614. The van der Waals surface area contributed by atoms with Crippen LogP contribution in [0.3, 0.4) is 0 Å². The third kappa shape index (κ3) is 3.73. The zero-order valence-corrected chi connectivity index (χ0v) is 12.1. The summed E-state index contributed by atoms with van der Waals surface area (Å²) >= 11 is 5.88. The number of nitrogens with zero attached hydrogens (tertiary/aromatic N) is 2. The third-order valence-electron chi connectivity index (χ3n) is 3.86. The first-order chi connectivity index (χ1) is 10.0. The molecule has 0 aromatic heterocycles. The summed E-state index contributed by atoms with van der Waals surface area (Å²) in [6, 6.07) is 6.29. The van der Waals surface area contributed by atoms with Crippen molar-refractivity contribution in [3.8, 4) is 11.8 Å². The van der Waals surface area contributed by atoms with Crippen LogP contribution in [0.1, 0.15) is 31.2 Å². The van der Waals surface area contributed by atoms with Crippen LogP contribution in [0.2, 0.25) is 5.02 Å². The minimum Gasteiger partial charge on any atom is -0.507 e. The average molecular weight is 307 g/mol. The number of rotatable bonds is 3. The van der Waals surface area contributed by atoms with E-state index in [0.717, 1.165) is 0 Å². The van der Waals surface area contributed by atoms with E-state index < -0.39 is 6.04 Å². The van der Waals surface area contributed by atoms with Gasteiger partial charge >= 0.3 is 0 Å². The summed E-state index contributed by atoms with van der Waals surface area (Å²) in [7, 11) is 0. The zero-order valence-electron chi connectivity index (χ0n) is 11.3. The molecule has 0 amide bonds. The van der Waals surface area contributed by atoms with Crippen molar-refractivity contribution in [2.45, 2.75) is 31.7 Å². The fourth-order valence-electron chi connectivity index (χ4n) is 2.65. The monoisotopic (exact) mass is 306 g/mol. The first-order valence-electron chi connectivity index (χ1n) is 6.75. The summed E-state index contributed by atoms with van der Waals surface area (Å²) in [4.78, 5) is 10.5. The average Bonchev–Trinajstić information content (AvgIpc) is 2.48. The standard InChI is InChI=1S/C15H15ClN2O3/c16-13-3-6-15(19)11(8-13)7-12(9-17)10-1-4-14(5-2-10)18(20)21/h3,6-8,10,14,19H,1-2,4-5H2. The van der Waals surface area contributed by atoms with E-state index in [1.807, 2.05) is 0 Å². The van der Waals surface area contributed by atoms with Gasteiger partial charge in [0.05, 0.1) is 6.07 Å². The Kier molecular flexibility index (Phi) is 4.81. The molecule has 0 heterocycles. The van der Waals surface area contributed by atoms with E-state index in [4.69, 9.17) is 11.6 Å². The first-order valence-corrected chi connectivity index (χ1v) is 7.12. The number of phenols is 1. The van der Waals surface area contributed by atoms with Gasteiger partial charge in [0.1, 0.15) is 5.75 Å². The van der Waals surface area contributed by atoms with Crippen LogP contribution in [0.15, 0.2) is 23.8 Å². The topological polar surface area (TPSA) is 87.2 Å². The number of halogens is 1. The second-order valence-corrected chi connectivity index (χ2v) is 5.64. The molecular formula is C15H15ClN2O3. The molecule has 1 N–H and O–H groups in total. The molecule has 0 aliphatic heterocycles. The Morgan fingerprint density at radius 1 is 1.43 bits per heavy atom. The highest BCUT2D eigenvalue weighted by atomic mass is 35.5. The predicted molar refractivity (Wildman–Crippen MR) is 79.4 cm³/mol. The Labute approximate surface area is 127 Å². The molecule has 5 nitrogen and oxygen atoms in total. The van der Waals surface area contributed by atoms with Gasteiger partial charge in [-0.15, -0.1) is 0 Å². The molecule has 0 saturated heterocycles. The minimum atomic E-state index is -0.499. The summed E-state index contributed by atoms with van der Waals surface area (Å²) in [5.41, 5.74) is 1.03. The van der Waals surface area contributed by atoms with Gasteiger partial charge in [-0.1, -0.05) is 11.6 Å². The fraction of sp³-hybridized carbons (Fsp3) is 0.400. The first kappa shape index (κ1) is 15.3. The van der Waals surface area contributed by atoms with Crippen LogP contribution >= 0.6 is 11.6 Å². The van der Waals surface area contributed by atoms with Crippen LogP contribution in [0.4, 0.5) is 0 Å². The van der Waals surface area contributed by atoms with Gasteiger partial charge in [-0.3, -0.25) is 10.1 Å². The van der Waals surface area contributed by atoms with Crippen molar-refractivity contribution >= 4 is 17.7 Å². The van der Waals surface area contributed by atoms with Crippen LogP contribution in [-0.2, 0) is 0 Å². The maximum atomic E-state index is 10.8. The molecule has 1 aliphatic rings. The molecule has 1 aliphatic carbocycles. The minimum absolute atomic E-state index is 0.00424. The van der Waals surface area contributed by atoms with Gasteiger partial charge in [-0.2, -0.15) is 5.26 Å². The van der Waals surface area contributed by atoms with Gasteiger partial charge < -0.3 is 5.11 Å². The van der Waals surface area contributed by atoms with E-state index in [1.54, 1.807) is 18.2 Å². The number of hydrogen-bond donors (Lipinski definition) is 1. The maximum Gasteiger partial charge on any atom is 0.213 e. The van der Waals surface area contributed by atoms with Crippen molar-refractivity contribution < 1.29 is 10.0 Å². The van der Waals surface area contributed by atoms with Crippen molar-refractivity contribution in [3.05, 3.63) is 44.5 Å². The van der Waals surface area contributed by atoms with Gasteiger partial charge in [0.15, 0.2) is 0 Å². The highest BCUT2D eigenvalue weighted by Crippen LogP contribution is 2.33. The number of aromatic hydroxyl groups is 1. The van der Waals surface area contributed by atoms with Crippen LogP contribution in [-0.4, -0.2) is 16.1 Å². The van der Waals surface area contributed by atoms with Crippen molar-refractivity contribution in [3.63, 3.8) is 0 Å². The van der Waals surface area contributed by atoms with E-state index in [1.165, 1.54) is 6.07 Å². The lowest BCUT2D eigenvalue weighted by molar-refractivity contribution is -0.526. The molecule has 0 radical (unpaired) electrons. The lowest BCUT2D eigenvalue weighted by Crippen LogP contribution is -2.26. The van der Waals surface area contributed by atoms with Gasteiger partial charge in [-0.25, -0.2) is 0 Å². The highest BCUT2D eigenvalue weighted by Gasteiger charge is 2.30. The summed E-state index contributed by atoms with van der Waals surface area (Å²) in [5, 5.41) is 30.3. The van der Waals surface area contributed by atoms with Crippen LogP contribution in [0, 0.1) is 27.4 Å². The van der Waals surface area contributed by atoms with Crippen molar-refractivity contribution in [1.29, 1.82) is 5.26 Å². The van der Waals surface area contributed by atoms with E-state index in [2.05, 4.69) is 6.07 Å². The van der Waals surface area contributed by atoms with E-state index >= 15 is 0 Å². The SMILES string of the molecule is N#CC(=Cc1cc(Cl)ccc1O)C1CCC([N+](=O)[O-])CC1. The Hall–Kier alpha value is -2.06. The molecular weight excluding hydrogens is 292 g/mol. The number of phenolic OH excluding ortho intramolecular Hbond substituents is 1. The Morgan fingerprint density at radius 2 is 2.10 bits per heavy atom. The molecule has 1 aromatic rings. The Morgan fingerprint density at radius 3 is 2.67 bits per heavy atom. The van der Waals surface area contributed by atoms with Gasteiger partial charge in [0.2, 0.25) is 6.04 Å². The van der Waals surface area contributed by atoms with Crippen LogP contribution in [0.25, 0.3) is 6.08 Å². The number of hydrogen-bond acceptors (Lipinski definition) is 4. The molecule has 1 aromatic carbocycles. The smallest absolute Gasteiger partial charge is 0.213 e. The summed E-state index contributed by atoms with van der Waals surface area (Å²) in [6.45, 7) is 0. The molecule has 0 atom stereocenters. The van der Waals surface area contributed by atoms with Crippen molar-refractivity contribution in [2.75, 3.05) is 0 Å². The molecule has 2 rings (SSSR count). The van der Waals surface area contributed by atoms with E-state index in [9.17, 15) is 20.5 Å². The number of nitro groups is 1. The summed E-state index contributed by atoms with van der Waals surface area (Å²) in [6.07, 6.45) is 3.83. The quantitative estimate of drug-likeness (QED) is 0.523. The number of benzene rings is 1. The van der Waals surface area contributed by atoms with Crippen molar-refractivity contribution in [2.24, 2.45) is 5.92 Å². The van der Waals surface area contributed by atoms with E-state index in [-0.39, 0.29) is 16.6 Å². The molecule has 0 bridgehead atoms. The van der Waals surface area contributed by atoms with Crippen molar-refractivity contribution in [1.82, 2.24) is 0 Å². The second-order valence-electron chi connectivity index (χ2n) is 5.21. The normalized spacial score (nSPS) is 22.6. The maximum absolute atomic E-state index is 10.8. The van der Waals surface area contributed by atoms with Crippen LogP contribution in [0.5, 0.6) is 5.75 Å². The van der Waals surface area contributed by atoms with Gasteiger partial charge in [0.25, 0.3) is 0 Å². The molecule has 110 valence electrons. The third-order valence-corrected chi connectivity index (χ3v) is 4.10. The predicted octanol–water partition coefficient (Wildman–Crippen LogP) is 3.79. The summed E-state index contributed by atoms with van der Waals surface area (Å²) in [5.74, 6) is 0.0655. The zero-order chi connectivity index (χ0) is 15.4. The summed E-state index contributed by atoms with van der Waals surface area (Å²) < 4.78 is 0. The van der Waals surface area contributed by atoms with Gasteiger partial charge in [0, 0.05) is 33.9 Å². The number of nitriles is 1.